The summed E-state index contributed by atoms with van der Waals surface area (Å²) in [4.78, 5) is 0. The van der Waals surface area contributed by atoms with Gasteiger partial charge in [0.25, 0.3) is 0 Å². The molecule has 0 radical (unpaired) electrons. The molecule has 1 unspecified atom stereocenters. The Labute approximate surface area is 259 Å². The van der Waals surface area contributed by atoms with Crippen LogP contribution in [0.1, 0.15) is 119 Å². The molecule has 0 amide bonds. The van der Waals surface area contributed by atoms with Crippen LogP contribution in [0.25, 0.3) is 0 Å². The fourth-order valence-corrected chi connectivity index (χ4v) is 7.87. The molecule has 1 aromatic rings. The predicted molar refractivity (Wildman–Crippen MR) is 140 cm³/mol. The second-order valence-electron chi connectivity index (χ2n) is 12.6. The molecule has 34 heavy (non-hydrogen) atoms. The molecule has 0 aromatic heterocycles. The van der Waals surface area contributed by atoms with Gasteiger partial charge in [-0.05, 0) is 92.2 Å². The summed E-state index contributed by atoms with van der Waals surface area (Å²) in [6.45, 7) is 4.45. The van der Waals surface area contributed by atoms with E-state index in [1.54, 1.807) is 25.7 Å². The summed E-state index contributed by atoms with van der Waals surface area (Å²) < 4.78 is 6.56. The van der Waals surface area contributed by atoms with Gasteiger partial charge in [-0.25, -0.2) is 0 Å². The van der Waals surface area contributed by atoms with E-state index in [0.717, 1.165) is 29.6 Å². The van der Waals surface area contributed by atoms with Crippen molar-refractivity contribution in [3.05, 3.63) is 35.2 Å². The largest absolute Gasteiger partial charge is 1.00 e. The zero-order chi connectivity index (χ0) is 22.6. The van der Waals surface area contributed by atoms with E-state index in [4.69, 9.17) is 4.74 Å². The molecule has 0 N–H and O–H groups in total. The Morgan fingerprint density at radius 2 is 1.18 bits per heavy atom. The number of aryl methyl sites for hydroxylation is 2. The van der Waals surface area contributed by atoms with E-state index >= 15 is 0 Å². The third-order valence-electron chi connectivity index (χ3n) is 10.2. The summed E-state index contributed by atoms with van der Waals surface area (Å²) in [6, 6.07) is 4.56. The molecule has 1 aromatic carbocycles. The van der Waals surface area contributed by atoms with Crippen LogP contribution in [0.5, 0.6) is 5.75 Å². The third kappa shape index (κ3) is 7.45. The summed E-state index contributed by atoms with van der Waals surface area (Å²) in [7, 11) is 0. The fourth-order valence-electron chi connectivity index (χ4n) is 7.87. The van der Waals surface area contributed by atoms with E-state index < -0.39 is 0 Å². The number of ether oxygens (including phenoxy) is 1. The minimum atomic E-state index is 0. The Hall–Kier alpha value is 0.825. The molecule has 1 nitrogen and oxygen atoms in total. The zero-order valence-corrected chi connectivity index (χ0v) is 27.5. The average Bonchev–Trinajstić information content (AvgIpc) is 2.85. The molecule has 1 aliphatic heterocycles. The maximum Gasteiger partial charge on any atom is 1.00 e. The van der Waals surface area contributed by atoms with Crippen LogP contribution in [0.15, 0.2) is 12.1 Å². The van der Waals surface area contributed by atoms with E-state index in [2.05, 4.69) is 32.4 Å². The van der Waals surface area contributed by atoms with Crippen LogP contribution >= 0.6 is 0 Å². The van der Waals surface area contributed by atoms with Crippen molar-refractivity contribution in [1.29, 1.82) is 0 Å². The van der Waals surface area contributed by atoms with Crippen LogP contribution in [0, 0.1) is 49.9 Å². The van der Waals surface area contributed by atoms with Crippen molar-refractivity contribution < 1.29 is 62.9 Å². The van der Waals surface area contributed by atoms with E-state index in [1.165, 1.54) is 106 Å². The van der Waals surface area contributed by atoms with Crippen molar-refractivity contribution >= 4 is 0 Å². The zero-order valence-electron chi connectivity index (χ0n) is 22.6. The van der Waals surface area contributed by atoms with Crippen LogP contribution in [-0.2, 0) is 6.42 Å². The first kappa shape index (κ1) is 27.8. The molecule has 2 heteroatoms. The van der Waals surface area contributed by atoms with E-state index in [0.29, 0.717) is 6.10 Å². The molecule has 1 atom stereocenters. The van der Waals surface area contributed by atoms with Gasteiger partial charge in [0.2, 0.25) is 0 Å². The maximum atomic E-state index is 6.56. The average molecular weight is 535 g/mol. The van der Waals surface area contributed by atoms with Gasteiger partial charge in [-0.2, -0.15) is 12.8 Å². The first-order chi connectivity index (χ1) is 16.1. The van der Waals surface area contributed by atoms with Gasteiger partial charge in [0.1, 0.15) is 5.75 Å². The second kappa shape index (κ2) is 13.6. The van der Waals surface area contributed by atoms with E-state index in [1.807, 2.05) is 0 Å². The number of hydrogen-bond acceptors (Lipinski definition) is 1. The molecule has 184 valence electrons. The monoisotopic (exact) mass is 534 g/mol. The Kier molecular flexibility index (Phi) is 11.1. The Bertz CT molecular complexity index is 751. The van der Waals surface area contributed by atoms with Gasteiger partial charge in [0.05, 0.1) is 6.10 Å². The Morgan fingerprint density at radius 3 is 1.74 bits per heavy atom. The van der Waals surface area contributed by atoms with Crippen LogP contribution in [0.3, 0.4) is 0 Å². The topological polar surface area (TPSA) is 9.23 Å². The van der Waals surface area contributed by atoms with Crippen molar-refractivity contribution in [2.75, 3.05) is 0 Å². The van der Waals surface area contributed by atoms with Crippen molar-refractivity contribution in [3.8, 4) is 5.75 Å². The predicted octanol–water partition coefficient (Wildman–Crippen LogP) is 6.18. The Balaban J connectivity index is 0.00000274. The van der Waals surface area contributed by atoms with Crippen LogP contribution in [-0.4, -0.2) is 6.10 Å². The van der Waals surface area contributed by atoms with Gasteiger partial charge >= 0.3 is 58.2 Å². The minimum Gasteiger partial charge on any atom is -0.490 e. The number of benzene rings is 1. The first-order valence-corrected chi connectivity index (χ1v) is 14.7. The van der Waals surface area contributed by atoms with Crippen LogP contribution in [0.2, 0.25) is 0 Å². The molecule has 4 aliphatic rings. The number of rotatable bonds is 6. The van der Waals surface area contributed by atoms with Crippen molar-refractivity contribution in [2.24, 2.45) is 29.6 Å². The van der Waals surface area contributed by atoms with Crippen molar-refractivity contribution in [2.45, 2.75) is 129 Å². The molecular formula is C32H49ORb. The molecular weight excluding hydrogens is 486 g/mol. The summed E-state index contributed by atoms with van der Waals surface area (Å²) in [6.07, 6.45) is 27.6. The first-order valence-electron chi connectivity index (χ1n) is 14.7. The third-order valence-corrected chi connectivity index (χ3v) is 10.2. The summed E-state index contributed by atoms with van der Waals surface area (Å²) in [5.74, 6) is 6.31. The summed E-state index contributed by atoms with van der Waals surface area (Å²) in [5.41, 5.74) is 4.18. The van der Waals surface area contributed by atoms with Gasteiger partial charge < -0.3 is 11.2 Å². The number of fused-ring (bicyclic) bond motifs is 1. The molecule has 3 aliphatic carbocycles. The van der Waals surface area contributed by atoms with Gasteiger partial charge in [-0.15, -0.1) is 0 Å². The van der Waals surface area contributed by atoms with E-state index in [9.17, 15) is 0 Å². The molecule has 0 spiro atoms. The van der Waals surface area contributed by atoms with Gasteiger partial charge in [-0.3, -0.25) is 0 Å². The van der Waals surface area contributed by atoms with Gasteiger partial charge in [0.15, 0.2) is 0 Å². The maximum absolute atomic E-state index is 6.56. The molecule has 3 saturated carbocycles. The molecule has 0 saturated heterocycles. The molecule has 1 heterocycles. The standard InChI is InChI=1S/C32H49O.Rb/c1-23-8-17-30-18-19-31(33-32(30)24(23)2)22-29-15-13-28(14-16-29)21-27-11-9-26(10-12-27)20-25-6-4-3-5-7-25;/h3,8,17,25-29,31H,4-7,9-16,18-22H2,1-2H3;/q-1;+1. The summed E-state index contributed by atoms with van der Waals surface area (Å²) >= 11 is 0. The van der Waals surface area contributed by atoms with Crippen molar-refractivity contribution in [1.82, 2.24) is 0 Å². The van der Waals surface area contributed by atoms with Crippen molar-refractivity contribution in [3.63, 3.8) is 0 Å². The molecule has 0 bridgehead atoms. The van der Waals surface area contributed by atoms with Gasteiger partial charge in [-0.1, -0.05) is 76.3 Å². The minimum absolute atomic E-state index is 0. The summed E-state index contributed by atoms with van der Waals surface area (Å²) in [5, 5.41) is 0. The Morgan fingerprint density at radius 1 is 0.676 bits per heavy atom. The SMILES string of the molecule is Cc1ccc2c(c1C)OC(CC1CCC(CC3CCC(CC4CC[CH-]CC4)CC3)CC1)CC2.[Rb+]. The molecule has 5 rings (SSSR count). The van der Waals surface area contributed by atoms with E-state index in [-0.39, 0.29) is 58.2 Å². The smallest absolute Gasteiger partial charge is 0.490 e. The normalized spacial score (nSPS) is 32.4. The molecule has 3 fully saturated rings. The van der Waals surface area contributed by atoms with Crippen LogP contribution in [0.4, 0.5) is 0 Å². The van der Waals surface area contributed by atoms with Crippen LogP contribution < -0.4 is 62.9 Å². The fraction of sp³-hybridized carbons (Fsp3) is 0.781. The number of hydrogen-bond donors (Lipinski definition) is 0. The quantitative estimate of drug-likeness (QED) is 0.396. The second-order valence-corrected chi connectivity index (χ2v) is 12.6. The van der Waals surface area contributed by atoms with Gasteiger partial charge in [0, 0.05) is 0 Å².